The van der Waals surface area contributed by atoms with Crippen molar-refractivity contribution in [3.63, 3.8) is 0 Å². The van der Waals surface area contributed by atoms with Crippen LogP contribution < -0.4 is 0 Å². The van der Waals surface area contributed by atoms with E-state index in [-0.39, 0.29) is 5.41 Å². The Morgan fingerprint density at radius 3 is 2.71 bits per heavy atom. The highest BCUT2D eigenvalue weighted by atomic mass is 16.5. The Kier molecular flexibility index (Phi) is 5.60. The van der Waals surface area contributed by atoms with Crippen LogP contribution in [0.25, 0.3) is 0 Å². The van der Waals surface area contributed by atoms with Crippen LogP contribution in [0.2, 0.25) is 0 Å². The number of ether oxygens (including phenoxy) is 1. The fourth-order valence-corrected chi connectivity index (χ4v) is 2.36. The van der Waals surface area contributed by atoms with Gasteiger partial charge in [0.05, 0.1) is 6.61 Å². The molecule has 0 spiro atoms. The Balaban J connectivity index is 2.29. The first-order valence-electron chi connectivity index (χ1n) is 6.68. The summed E-state index contributed by atoms with van der Waals surface area (Å²) in [6.07, 6.45) is 3.18. The highest BCUT2D eigenvalue weighted by molar-refractivity contribution is 5.83. The summed E-state index contributed by atoms with van der Waals surface area (Å²) in [6.45, 7) is 9.99. The lowest BCUT2D eigenvalue weighted by Gasteiger charge is -2.32. The number of rotatable bonds is 5. The van der Waals surface area contributed by atoms with Gasteiger partial charge in [0.1, 0.15) is 5.78 Å². The smallest absolute Gasteiger partial charge is 0.139 e. The minimum atomic E-state index is -0.193. The van der Waals surface area contributed by atoms with Crippen molar-refractivity contribution in [3.8, 4) is 0 Å². The molecule has 1 heterocycles. The van der Waals surface area contributed by atoms with Gasteiger partial charge < -0.3 is 9.64 Å². The third-order valence-electron chi connectivity index (χ3n) is 3.50. The van der Waals surface area contributed by atoms with E-state index < -0.39 is 0 Å². The molecule has 3 heteroatoms. The third kappa shape index (κ3) is 5.17. The van der Waals surface area contributed by atoms with E-state index in [2.05, 4.69) is 4.90 Å². The van der Waals surface area contributed by atoms with Crippen molar-refractivity contribution in [1.29, 1.82) is 0 Å². The molecule has 1 aliphatic heterocycles. The number of hydrogen-bond donors (Lipinski definition) is 0. The fraction of sp³-hybridized carbons (Fsp3) is 0.929. The molecule has 1 unspecified atom stereocenters. The third-order valence-corrected chi connectivity index (χ3v) is 3.50. The second-order valence-electron chi connectivity index (χ2n) is 6.19. The summed E-state index contributed by atoms with van der Waals surface area (Å²) in [6, 6.07) is 0. The molecule has 0 saturated carbocycles. The van der Waals surface area contributed by atoms with Crippen molar-refractivity contribution in [1.82, 2.24) is 4.90 Å². The molecular weight excluding hydrogens is 214 g/mol. The van der Waals surface area contributed by atoms with Gasteiger partial charge in [-0.3, -0.25) is 4.79 Å². The molecule has 1 fully saturated rings. The van der Waals surface area contributed by atoms with Crippen LogP contribution in [0, 0.1) is 11.3 Å². The van der Waals surface area contributed by atoms with Gasteiger partial charge in [-0.1, -0.05) is 20.8 Å². The highest BCUT2D eigenvalue weighted by Gasteiger charge is 2.24. The zero-order chi connectivity index (χ0) is 12.9. The first kappa shape index (κ1) is 14.7. The monoisotopic (exact) mass is 241 g/mol. The quantitative estimate of drug-likeness (QED) is 0.740. The summed E-state index contributed by atoms with van der Waals surface area (Å²) in [4.78, 5) is 14.3. The SMILES string of the molecule is COCC1CCCN(CCC(=O)C(C)(C)C)C1. The zero-order valence-electron chi connectivity index (χ0n) is 11.8. The van der Waals surface area contributed by atoms with Crippen molar-refractivity contribution in [2.45, 2.75) is 40.0 Å². The van der Waals surface area contributed by atoms with E-state index in [1.807, 2.05) is 20.8 Å². The van der Waals surface area contributed by atoms with E-state index in [0.717, 1.165) is 26.2 Å². The van der Waals surface area contributed by atoms with Crippen molar-refractivity contribution in [2.24, 2.45) is 11.3 Å². The van der Waals surface area contributed by atoms with Gasteiger partial charge in [0.2, 0.25) is 0 Å². The molecule has 1 saturated heterocycles. The highest BCUT2D eigenvalue weighted by Crippen LogP contribution is 2.20. The minimum absolute atomic E-state index is 0.193. The number of methoxy groups -OCH3 is 1. The minimum Gasteiger partial charge on any atom is -0.384 e. The summed E-state index contributed by atoms with van der Waals surface area (Å²) in [5.41, 5.74) is -0.193. The molecular formula is C14H27NO2. The van der Waals surface area contributed by atoms with Crippen molar-refractivity contribution >= 4 is 5.78 Å². The van der Waals surface area contributed by atoms with Crippen LogP contribution in [0.4, 0.5) is 0 Å². The van der Waals surface area contributed by atoms with Gasteiger partial charge >= 0.3 is 0 Å². The first-order chi connectivity index (χ1) is 7.93. The largest absolute Gasteiger partial charge is 0.384 e. The molecule has 0 N–H and O–H groups in total. The van der Waals surface area contributed by atoms with Gasteiger partial charge in [-0.25, -0.2) is 0 Å². The van der Waals surface area contributed by atoms with Gasteiger partial charge in [-0.2, -0.15) is 0 Å². The molecule has 100 valence electrons. The van der Waals surface area contributed by atoms with Gasteiger partial charge in [0, 0.05) is 32.0 Å². The van der Waals surface area contributed by atoms with Crippen molar-refractivity contribution in [3.05, 3.63) is 0 Å². The predicted molar refractivity (Wildman–Crippen MR) is 70.1 cm³/mol. The summed E-state index contributed by atoms with van der Waals surface area (Å²) in [7, 11) is 1.77. The lowest BCUT2D eigenvalue weighted by Crippen LogP contribution is -2.39. The summed E-state index contributed by atoms with van der Waals surface area (Å²) in [5, 5.41) is 0. The maximum Gasteiger partial charge on any atom is 0.139 e. The first-order valence-corrected chi connectivity index (χ1v) is 6.68. The Hall–Kier alpha value is -0.410. The number of nitrogens with zero attached hydrogens (tertiary/aromatic N) is 1. The Morgan fingerprint density at radius 1 is 1.41 bits per heavy atom. The van der Waals surface area contributed by atoms with E-state index in [1.165, 1.54) is 12.8 Å². The number of piperidine rings is 1. The standard InChI is InChI=1S/C14H27NO2/c1-14(2,3)13(16)7-9-15-8-5-6-12(10-15)11-17-4/h12H,5-11H2,1-4H3. The molecule has 1 atom stereocenters. The number of hydrogen-bond acceptors (Lipinski definition) is 3. The van der Waals surface area contributed by atoms with Crippen LogP contribution in [0.1, 0.15) is 40.0 Å². The number of carbonyl (C=O) groups excluding carboxylic acids is 1. The molecule has 0 radical (unpaired) electrons. The molecule has 0 aliphatic carbocycles. The number of ketones is 1. The van der Waals surface area contributed by atoms with Gasteiger partial charge in [-0.05, 0) is 25.3 Å². The van der Waals surface area contributed by atoms with Gasteiger partial charge in [0.25, 0.3) is 0 Å². The van der Waals surface area contributed by atoms with Crippen molar-refractivity contribution in [2.75, 3.05) is 33.4 Å². The maximum atomic E-state index is 11.9. The zero-order valence-corrected chi connectivity index (χ0v) is 11.8. The van der Waals surface area contributed by atoms with Crippen LogP contribution >= 0.6 is 0 Å². The molecule has 0 bridgehead atoms. The summed E-state index contributed by atoms with van der Waals surface area (Å²) >= 11 is 0. The van der Waals surface area contributed by atoms with E-state index in [9.17, 15) is 4.79 Å². The van der Waals surface area contributed by atoms with E-state index in [0.29, 0.717) is 18.1 Å². The Labute approximate surface area is 106 Å². The normalized spacial score (nSPS) is 22.7. The topological polar surface area (TPSA) is 29.5 Å². The van der Waals surface area contributed by atoms with Gasteiger partial charge in [0.15, 0.2) is 0 Å². The second kappa shape index (κ2) is 6.50. The molecule has 0 aromatic carbocycles. The van der Waals surface area contributed by atoms with Crippen LogP contribution in [-0.4, -0.2) is 44.0 Å². The molecule has 0 amide bonds. The Bertz CT molecular complexity index is 243. The number of carbonyl (C=O) groups is 1. The summed E-state index contributed by atoms with van der Waals surface area (Å²) < 4.78 is 5.22. The predicted octanol–water partition coefficient (Wildman–Crippen LogP) is 2.35. The fourth-order valence-electron chi connectivity index (χ4n) is 2.36. The molecule has 17 heavy (non-hydrogen) atoms. The van der Waals surface area contributed by atoms with Crippen LogP contribution in [0.5, 0.6) is 0 Å². The van der Waals surface area contributed by atoms with E-state index >= 15 is 0 Å². The van der Waals surface area contributed by atoms with E-state index in [4.69, 9.17) is 4.74 Å². The lowest BCUT2D eigenvalue weighted by atomic mass is 9.88. The van der Waals surface area contributed by atoms with Crippen LogP contribution in [-0.2, 0) is 9.53 Å². The lowest BCUT2D eigenvalue weighted by molar-refractivity contribution is -0.126. The summed E-state index contributed by atoms with van der Waals surface area (Å²) in [5.74, 6) is 1.02. The Morgan fingerprint density at radius 2 is 2.12 bits per heavy atom. The molecule has 3 nitrogen and oxygen atoms in total. The molecule has 0 aromatic rings. The number of Topliss-reactive ketones (excluding diaryl/α,β-unsaturated/α-hetero) is 1. The molecule has 1 aliphatic rings. The van der Waals surface area contributed by atoms with Crippen molar-refractivity contribution < 1.29 is 9.53 Å². The van der Waals surface area contributed by atoms with Crippen LogP contribution in [0.15, 0.2) is 0 Å². The van der Waals surface area contributed by atoms with Gasteiger partial charge in [-0.15, -0.1) is 0 Å². The average Bonchev–Trinajstić information content (AvgIpc) is 2.25. The molecule has 0 aromatic heterocycles. The number of likely N-dealkylation sites (tertiary alicyclic amines) is 1. The maximum absolute atomic E-state index is 11.9. The van der Waals surface area contributed by atoms with E-state index in [1.54, 1.807) is 7.11 Å². The average molecular weight is 241 g/mol. The second-order valence-corrected chi connectivity index (χ2v) is 6.19. The molecule has 1 rings (SSSR count). The van der Waals surface area contributed by atoms with Crippen LogP contribution in [0.3, 0.4) is 0 Å².